The van der Waals surface area contributed by atoms with Crippen molar-refractivity contribution in [3.8, 4) is 0 Å². The van der Waals surface area contributed by atoms with Crippen LogP contribution in [0.3, 0.4) is 0 Å². The molecule has 4 rings (SSSR count). The molecule has 1 atom stereocenters. The Morgan fingerprint density at radius 1 is 1.43 bits per heavy atom. The Labute approximate surface area is 170 Å². The summed E-state index contributed by atoms with van der Waals surface area (Å²) in [6.07, 6.45) is 3.18. The SMILES string of the molecule is COC(=O)C1=C([C@H]2C[C@@H](N)C2)NC(c2nccs2)=NC1c1ccc(F)cc1Cl. The maximum atomic E-state index is 13.6. The van der Waals surface area contributed by atoms with Crippen molar-refractivity contribution in [1.82, 2.24) is 10.3 Å². The molecule has 1 aliphatic heterocycles. The molecule has 2 heterocycles. The number of carbonyl (C=O) groups is 1. The van der Waals surface area contributed by atoms with Crippen LogP contribution in [0.15, 0.2) is 46.0 Å². The van der Waals surface area contributed by atoms with Gasteiger partial charge in [-0.15, -0.1) is 11.3 Å². The molecule has 2 aromatic rings. The first-order valence-electron chi connectivity index (χ1n) is 8.75. The molecule has 1 aromatic carbocycles. The lowest BCUT2D eigenvalue weighted by molar-refractivity contribution is -0.136. The van der Waals surface area contributed by atoms with E-state index in [0.717, 1.165) is 18.5 Å². The summed E-state index contributed by atoms with van der Waals surface area (Å²) in [7, 11) is 1.32. The van der Waals surface area contributed by atoms with E-state index in [1.165, 1.54) is 30.6 Å². The van der Waals surface area contributed by atoms with Gasteiger partial charge in [0, 0.05) is 39.8 Å². The van der Waals surface area contributed by atoms with Crippen molar-refractivity contribution in [1.29, 1.82) is 0 Å². The van der Waals surface area contributed by atoms with Gasteiger partial charge < -0.3 is 15.8 Å². The monoisotopic (exact) mass is 420 g/mol. The summed E-state index contributed by atoms with van der Waals surface area (Å²) in [6, 6.07) is 3.42. The van der Waals surface area contributed by atoms with E-state index in [2.05, 4.69) is 10.3 Å². The van der Waals surface area contributed by atoms with E-state index in [4.69, 9.17) is 27.1 Å². The summed E-state index contributed by atoms with van der Waals surface area (Å²) in [5.41, 5.74) is 7.59. The summed E-state index contributed by atoms with van der Waals surface area (Å²) < 4.78 is 18.6. The van der Waals surface area contributed by atoms with E-state index in [-0.39, 0.29) is 17.0 Å². The van der Waals surface area contributed by atoms with Gasteiger partial charge in [-0.1, -0.05) is 17.7 Å². The zero-order valence-electron chi connectivity index (χ0n) is 15.0. The topological polar surface area (TPSA) is 89.6 Å². The molecule has 1 saturated carbocycles. The van der Waals surface area contributed by atoms with Crippen molar-refractivity contribution in [2.75, 3.05) is 7.11 Å². The van der Waals surface area contributed by atoms with Crippen LogP contribution in [0.25, 0.3) is 0 Å². The Balaban J connectivity index is 1.87. The third-order valence-electron chi connectivity index (χ3n) is 4.95. The number of methoxy groups -OCH3 is 1. The average Bonchev–Trinajstić information content (AvgIpc) is 3.19. The van der Waals surface area contributed by atoms with Crippen LogP contribution in [0.4, 0.5) is 4.39 Å². The van der Waals surface area contributed by atoms with Crippen molar-refractivity contribution >= 4 is 34.7 Å². The fourth-order valence-electron chi connectivity index (χ4n) is 3.52. The number of rotatable bonds is 4. The van der Waals surface area contributed by atoms with Gasteiger partial charge in [-0.05, 0) is 25.0 Å². The Hall–Kier alpha value is -2.29. The molecule has 0 amide bonds. The molecule has 1 aromatic heterocycles. The second kappa shape index (κ2) is 7.62. The molecule has 0 bridgehead atoms. The number of ether oxygens (including phenoxy) is 1. The molecule has 0 radical (unpaired) electrons. The maximum Gasteiger partial charge on any atom is 0.338 e. The molecule has 0 saturated heterocycles. The van der Waals surface area contributed by atoms with Crippen molar-refractivity contribution in [3.63, 3.8) is 0 Å². The van der Waals surface area contributed by atoms with E-state index in [1.54, 1.807) is 12.3 Å². The van der Waals surface area contributed by atoms with Crippen molar-refractivity contribution in [2.45, 2.75) is 24.9 Å². The normalized spacial score (nSPS) is 24.3. The molecule has 28 heavy (non-hydrogen) atoms. The van der Waals surface area contributed by atoms with Crippen molar-refractivity contribution in [2.24, 2.45) is 16.6 Å². The van der Waals surface area contributed by atoms with Crippen LogP contribution in [0.1, 0.15) is 29.5 Å². The quantitative estimate of drug-likeness (QED) is 0.741. The Morgan fingerprint density at radius 3 is 2.82 bits per heavy atom. The van der Waals surface area contributed by atoms with Crippen molar-refractivity contribution in [3.05, 3.63) is 62.5 Å². The van der Waals surface area contributed by atoms with Gasteiger partial charge in [0.15, 0.2) is 10.8 Å². The second-order valence-electron chi connectivity index (χ2n) is 6.76. The number of hydrogen-bond donors (Lipinski definition) is 2. The number of allylic oxidation sites excluding steroid dienone is 1. The number of benzene rings is 1. The highest BCUT2D eigenvalue weighted by molar-refractivity contribution is 7.11. The zero-order chi connectivity index (χ0) is 19.8. The predicted molar refractivity (Wildman–Crippen MR) is 106 cm³/mol. The van der Waals surface area contributed by atoms with E-state index >= 15 is 0 Å². The number of nitrogens with one attached hydrogen (secondary N) is 1. The van der Waals surface area contributed by atoms with Gasteiger partial charge in [0.2, 0.25) is 0 Å². The minimum Gasteiger partial charge on any atom is -0.466 e. The van der Waals surface area contributed by atoms with Gasteiger partial charge in [0.25, 0.3) is 0 Å². The predicted octanol–water partition coefficient (Wildman–Crippen LogP) is 3.19. The number of carbonyl (C=O) groups excluding carboxylic acids is 1. The first-order valence-corrected chi connectivity index (χ1v) is 10.0. The minimum absolute atomic E-state index is 0.0799. The number of aromatic nitrogens is 1. The van der Waals surface area contributed by atoms with Gasteiger partial charge in [-0.2, -0.15) is 0 Å². The summed E-state index contributed by atoms with van der Waals surface area (Å²) in [5, 5.41) is 6.01. The maximum absolute atomic E-state index is 13.6. The van der Waals surface area contributed by atoms with Crippen LogP contribution >= 0.6 is 22.9 Å². The van der Waals surface area contributed by atoms with Gasteiger partial charge in [-0.25, -0.2) is 14.2 Å². The van der Waals surface area contributed by atoms with E-state index in [1.807, 2.05) is 5.38 Å². The zero-order valence-corrected chi connectivity index (χ0v) is 16.6. The first-order chi connectivity index (χ1) is 13.5. The number of nitrogens with two attached hydrogens (primary N) is 1. The average molecular weight is 421 g/mol. The largest absolute Gasteiger partial charge is 0.466 e. The Kier molecular flexibility index (Phi) is 5.18. The molecule has 2 aliphatic rings. The number of amidine groups is 1. The number of thiazole rings is 1. The van der Waals surface area contributed by atoms with Crippen LogP contribution in [-0.2, 0) is 9.53 Å². The number of halogens is 2. The van der Waals surface area contributed by atoms with Gasteiger partial charge in [0.05, 0.1) is 12.7 Å². The lowest BCUT2D eigenvalue weighted by atomic mass is 9.75. The van der Waals surface area contributed by atoms with Crippen LogP contribution in [0.5, 0.6) is 0 Å². The van der Waals surface area contributed by atoms with Crippen LogP contribution < -0.4 is 11.1 Å². The van der Waals surface area contributed by atoms with E-state index in [9.17, 15) is 9.18 Å². The molecule has 1 unspecified atom stereocenters. The molecule has 146 valence electrons. The minimum atomic E-state index is -0.729. The van der Waals surface area contributed by atoms with Gasteiger partial charge >= 0.3 is 5.97 Å². The third-order valence-corrected chi connectivity index (χ3v) is 6.06. The third kappa shape index (κ3) is 3.43. The van der Waals surface area contributed by atoms with E-state index in [0.29, 0.717) is 22.0 Å². The number of aliphatic imine (C=N–C) groups is 1. The Morgan fingerprint density at radius 2 is 2.21 bits per heavy atom. The fraction of sp³-hybridized carbons (Fsp3) is 0.316. The first kappa shape index (κ1) is 19.0. The van der Waals surface area contributed by atoms with Crippen LogP contribution in [0.2, 0.25) is 5.02 Å². The summed E-state index contributed by atoms with van der Waals surface area (Å²) in [5.74, 6) is -0.337. The molecule has 6 nitrogen and oxygen atoms in total. The van der Waals surface area contributed by atoms with Crippen LogP contribution in [-0.4, -0.2) is 29.9 Å². The highest BCUT2D eigenvalue weighted by Gasteiger charge is 2.40. The summed E-state index contributed by atoms with van der Waals surface area (Å²) in [6.45, 7) is 0. The lowest BCUT2D eigenvalue weighted by Gasteiger charge is -2.38. The number of esters is 1. The van der Waals surface area contributed by atoms with E-state index < -0.39 is 17.8 Å². The molecule has 0 spiro atoms. The molecular weight excluding hydrogens is 403 g/mol. The smallest absolute Gasteiger partial charge is 0.338 e. The molecule has 3 N–H and O–H groups in total. The molecular formula is C19H18ClFN4O2S. The lowest BCUT2D eigenvalue weighted by Crippen LogP contribution is -2.44. The molecule has 1 fully saturated rings. The second-order valence-corrected chi connectivity index (χ2v) is 8.06. The Bertz CT molecular complexity index is 970. The summed E-state index contributed by atoms with van der Waals surface area (Å²) >= 11 is 7.74. The van der Waals surface area contributed by atoms with Gasteiger partial charge in [0.1, 0.15) is 11.9 Å². The fourth-order valence-corrected chi connectivity index (χ4v) is 4.37. The van der Waals surface area contributed by atoms with Crippen molar-refractivity contribution < 1.29 is 13.9 Å². The molecule has 1 aliphatic carbocycles. The van der Waals surface area contributed by atoms with Crippen LogP contribution in [0, 0.1) is 11.7 Å². The highest BCUT2D eigenvalue weighted by Crippen LogP contribution is 2.42. The molecule has 9 heteroatoms. The number of nitrogens with zero attached hydrogens (tertiary/aromatic N) is 2. The standard InChI is InChI=1S/C19H18ClFN4O2S/c1-27-19(26)14-15(9-6-11(22)7-9)24-17(18-23-4-5-28-18)25-16(14)12-3-2-10(21)8-13(12)20/h2-5,8-9,11,16H,6-7,22H2,1H3,(H,24,25)/t9-,11+,16?. The van der Waals surface area contributed by atoms with Gasteiger partial charge in [-0.3, -0.25) is 4.99 Å². The highest BCUT2D eigenvalue weighted by atomic mass is 35.5. The summed E-state index contributed by atoms with van der Waals surface area (Å²) in [4.78, 5) is 21.7. The number of hydrogen-bond acceptors (Lipinski definition) is 7.